The van der Waals surface area contributed by atoms with Gasteiger partial charge in [-0.25, -0.2) is 4.39 Å². The second-order valence-electron chi connectivity index (χ2n) is 5.74. The topological polar surface area (TPSA) is 48.9 Å². The van der Waals surface area contributed by atoms with Gasteiger partial charge in [-0.2, -0.15) is 0 Å². The van der Waals surface area contributed by atoms with Crippen LogP contribution >= 0.6 is 35.3 Å². The van der Waals surface area contributed by atoms with Gasteiger partial charge in [-0.1, -0.05) is 12.1 Å². The number of nitrogens with zero attached hydrogens (tertiary/aromatic N) is 2. The first-order chi connectivity index (χ1) is 12.3. The van der Waals surface area contributed by atoms with Gasteiger partial charge in [-0.3, -0.25) is 4.99 Å². The molecule has 1 aromatic heterocycles. The van der Waals surface area contributed by atoms with Gasteiger partial charge >= 0.3 is 0 Å². The van der Waals surface area contributed by atoms with E-state index in [1.165, 1.54) is 4.88 Å². The van der Waals surface area contributed by atoms with Crippen LogP contribution in [0.1, 0.15) is 10.4 Å². The van der Waals surface area contributed by atoms with Crippen molar-refractivity contribution in [2.45, 2.75) is 13.1 Å². The molecule has 0 amide bonds. The van der Waals surface area contributed by atoms with Gasteiger partial charge in [0.25, 0.3) is 0 Å². The average Bonchev–Trinajstić information content (AvgIpc) is 3.16. The van der Waals surface area contributed by atoms with Crippen molar-refractivity contribution in [1.29, 1.82) is 0 Å². The fourth-order valence-electron chi connectivity index (χ4n) is 2.71. The number of ether oxygens (including phenoxy) is 1. The smallest absolute Gasteiger partial charge is 0.191 e. The van der Waals surface area contributed by atoms with Gasteiger partial charge in [0.2, 0.25) is 0 Å². The molecule has 1 saturated heterocycles. The zero-order chi connectivity index (χ0) is 17.5. The van der Waals surface area contributed by atoms with E-state index in [4.69, 9.17) is 4.74 Å². The number of benzene rings is 1. The van der Waals surface area contributed by atoms with Crippen LogP contribution in [0.15, 0.2) is 40.7 Å². The average molecular weight is 490 g/mol. The van der Waals surface area contributed by atoms with Gasteiger partial charge in [0.1, 0.15) is 5.82 Å². The van der Waals surface area contributed by atoms with Gasteiger partial charge in [0.15, 0.2) is 5.96 Å². The number of rotatable bonds is 5. The molecule has 1 aliphatic heterocycles. The highest BCUT2D eigenvalue weighted by molar-refractivity contribution is 14.0. The molecule has 1 aliphatic rings. The molecule has 142 valence electrons. The fourth-order valence-corrected chi connectivity index (χ4v) is 3.36. The Morgan fingerprint density at radius 1 is 1.23 bits per heavy atom. The third-order valence-corrected chi connectivity index (χ3v) is 4.93. The molecule has 8 heteroatoms. The van der Waals surface area contributed by atoms with Crippen LogP contribution in [0.2, 0.25) is 0 Å². The third-order valence-electron chi connectivity index (χ3n) is 4.06. The molecular weight excluding hydrogens is 466 g/mol. The van der Waals surface area contributed by atoms with E-state index in [0.29, 0.717) is 31.4 Å². The molecule has 26 heavy (non-hydrogen) atoms. The summed E-state index contributed by atoms with van der Waals surface area (Å²) in [6, 6.07) is 9.48. The molecule has 2 N–H and O–H groups in total. The number of thiophene rings is 1. The minimum Gasteiger partial charge on any atom is -0.378 e. The first-order valence-corrected chi connectivity index (χ1v) is 9.22. The summed E-state index contributed by atoms with van der Waals surface area (Å²) in [7, 11) is 1.73. The van der Waals surface area contributed by atoms with Crippen LogP contribution in [0.5, 0.6) is 0 Å². The van der Waals surface area contributed by atoms with Crippen molar-refractivity contribution < 1.29 is 9.13 Å². The van der Waals surface area contributed by atoms with Crippen LogP contribution in [0.4, 0.5) is 10.1 Å². The molecule has 3 rings (SSSR count). The molecule has 0 unspecified atom stereocenters. The van der Waals surface area contributed by atoms with Crippen molar-refractivity contribution in [3.05, 3.63) is 52.0 Å². The zero-order valence-corrected chi connectivity index (χ0v) is 17.9. The van der Waals surface area contributed by atoms with Crippen LogP contribution in [-0.2, 0) is 17.8 Å². The summed E-state index contributed by atoms with van der Waals surface area (Å²) < 4.78 is 19.7. The van der Waals surface area contributed by atoms with E-state index in [-0.39, 0.29) is 29.8 Å². The fraction of sp³-hybridized carbons (Fsp3) is 0.389. The van der Waals surface area contributed by atoms with Crippen LogP contribution in [-0.4, -0.2) is 39.3 Å². The highest BCUT2D eigenvalue weighted by atomic mass is 127. The van der Waals surface area contributed by atoms with E-state index in [1.54, 1.807) is 24.5 Å². The maximum Gasteiger partial charge on any atom is 0.191 e. The van der Waals surface area contributed by atoms with Crippen LogP contribution in [0, 0.1) is 5.82 Å². The van der Waals surface area contributed by atoms with Crippen molar-refractivity contribution in [3.63, 3.8) is 0 Å². The number of guanidine groups is 1. The Morgan fingerprint density at radius 2 is 2.00 bits per heavy atom. The summed E-state index contributed by atoms with van der Waals surface area (Å²) in [6.45, 7) is 4.00. The molecule has 0 atom stereocenters. The first kappa shape index (κ1) is 20.9. The van der Waals surface area contributed by atoms with Gasteiger partial charge in [-0.05, 0) is 29.1 Å². The molecular formula is C18H24FIN4OS. The lowest BCUT2D eigenvalue weighted by Gasteiger charge is -2.29. The predicted octanol–water partition coefficient (Wildman–Crippen LogP) is 3.21. The number of morpholine rings is 1. The Balaban J connectivity index is 0.00000243. The second kappa shape index (κ2) is 10.7. The lowest BCUT2D eigenvalue weighted by molar-refractivity contribution is 0.122. The highest BCUT2D eigenvalue weighted by Gasteiger charge is 2.15. The maximum atomic E-state index is 14.4. The van der Waals surface area contributed by atoms with Crippen molar-refractivity contribution in [1.82, 2.24) is 10.6 Å². The molecule has 1 aromatic carbocycles. The molecule has 0 spiro atoms. The minimum absolute atomic E-state index is 0. The largest absolute Gasteiger partial charge is 0.378 e. The van der Waals surface area contributed by atoms with E-state index in [1.807, 2.05) is 28.5 Å². The van der Waals surface area contributed by atoms with Crippen molar-refractivity contribution in [2.75, 3.05) is 38.3 Å². The summed E-state index contributed by atoms with van der Waals surface area (Å²) in [5.41, 5.74) is 1.53. The standard InChI is InChI=1S/C18H23FN4OS.HI/c1-20-18(22-13-15-3-2-10-25-15)21-12-14-4-5-17(16(19)11-14)23-6-8-24-9-7-23;/h2-5,10-11H,6-9,12-13H2,1H3,(H2,20,21,22);1H. The molecule has 0 bridgehead atoms. The van der Waals surface area contributed by atoms with Crippen LogP contribution in [0.25, 0.3) is 0 Å². The number of hydrogen-bond donors (Lipinski definition) is 2. The summed E-state index contributed by atoms with van der Waals surface area (Å²) in [5, 5.41) is 8.52. The molecule has 0 radical (unpaired) electrons. The predicted molar refractivity (Wildman–Crippen MR) is 116 cm³/mol. The van der Waals surface area contributed by atoms with E-state index in [2.05, 4.69) is 21.7 Å². The maximum absolute atomic E-state index is 14.4. The number of anilines is 1. The van der Waals surface area contributed by atoms with E-state index in [9.17, 15) is 4.39 Å². The van der Waals surface area contributed by atoms with E-state index in [0.717, 1.165) is 25.2 Å². The summed E-state index contributed by atoms with van der Waals surface area (Å²) >= 11 is 1.70. The zero-order valence-electron chi connectivity index (χ0n) is 14.7. The highest BCUT2D eigenvalue weighted by Crippen LogP contribution is 2.21. The van der Waals surface area contributed by atoms with Crippen molar-refractivity contribution >= 4 is 47.0 Å². The van der Waals surface area contributed by atoms with Crippen LogP contribution in [0.3, 0.4) is 0 Å². The SMILES string of the molecule is CN=C(NCc1ccc(N2CCOCC2)c(F)c1)NCc1cccs1.I. The normalized spacial score (nSPS) is 14.7. The van der Waals surface area contributed by atoms with E-state index >= 15 is 0 Å². The Bertz CT molecular complexity index is 705. The number of halogens is 2. The van der Waals surface area contributed by atoms with Gasteiger partial charge in [0, 0.05) is 31.6 Å². The Morgan fingerprint density at radius 3 is 2.65 bits per heavy atom. The number of aliphatic imine (C=N–C) groups is 1. The van der Waals surface area contributed by atoms with Crippen molar-refractivity contribution in [2.24, 2.45) is 4.99 Å². The Kier molecular flexibility index (Phi) is 8.60. The minimum atomic E-state index is -0.192. The monoisotopic (exact) mass is 490 g/mol. The number of nitrogens with one attached hydrogen (secondary N) is 2. The van der Waals surface area contributed by atoms with Gasteiger partial charge < -0.3 is 20.3 Å². The third kappa shape index (κ3) is 5.82. The molecule has 0 aliphatic carbocycles. The second-order valence-corrected chi connectivity index (χ2v) is 6.78. The molecule has 1 fully saturated rings. The quantitative estimate of drug-likeness (QED) is 0.384. The summed E-state index contributed by atoms with van der Waals surface area (Å²) in [5.74, 6) is 0.508. The molecule has 2 aromatic rings. The van der Waals surface area contributed by atoms with Gasteiger partial charge in [0.05, 0.1) is 25.4 Å². The Hall–Kier alpha value is -1.39. The number of hydrogen-bond acceptors (Lipinski definition) is 4. The van der Waals surface area contributed by atoms with Crippen molar-refractivity contribution in [3.8, 4) is 0 Å². The summed E-state index contributed by atoms with van der Waals surface area (Å²) in [4.78, 5) is 7.46. The molecule has 2 heterocycles. The van der Waals surface area contributed by atoms with Crippen LogP contribution < -0.4 is 15.5 Å². The van der Waals surface area contributed by atoms with Gasteiger partial charge in [-0.15, -0.1) is 35.3 Å². The molecule has 5 nitrogen and oxygen atoms in total. The lowest BCUT2D eigenvalue weighted by atomic mass is 10.1. The first-order valence-electron chi connectivity index (χ1n) is 8.34. The Labute approximate surface area is 174 Å². The molecule has 0 saturated carbocycles. The lowest BCUT2D eigenvalue weighted by Crippen LogP contribution is -2.37. The van der Waals surface area contributed by atoms with E-state index < -0.39 is 0 Å². The summed E-state index contributed by atoms with van der Waals surface area (Å²) in [6.07, 6.45) is 0.